The van der Waals surface area contributed by atoms with Gasteiger partial charge in [0.05, 0.1) is 5.56 Å². The van der Waals surface area contributed by atoms with Crippen molar-refractivity contribution in [3.8, 4) is 28.4 Å². The average molecular weight is 306 g/mol. The first kappa shape index (κ1) is 14.7. The van der Waals surface area contributed by atoms with Gasteiger partial charge in [0, 0.05) is 0 Å². The van der Waals surface area contributed by atoms with Gasteiger partial charge in [-0.25, -0.2) is 4.79 Å². The van der Waals surface area contributed by atoms with Crippen LogP contribution < -0.4 is 4.74 Å². The van der Waals surface area contributed by atoms with E-state index >= 15 is 0 Å². The second-order valence-electron chi connectivity index (χ2n) is 5.01. The van der Waals surface area contributed by atoms with Gasteiger partial charge in [-0.2, -0.15) is 0 Å². The van der Waals surface area contributed by atoms with Crippen molar-refractivity contribution in [2.75, 3.05) is 0 Å². The molecule has 0 heterocycles. The fraction of sp³-hybridized carbons (Fsp3) is 0. The molecule has 0 aliphatic rings. The Morgan fingerprint density at radius 1 is 0.652 bits per heavy atom. The third-order valence-electron chi connectivity index (χ3n) is 3.37. The lowest BCUT2D eigenvalue weighted by molar-refractivity contribution is 0.0734. The van der Waals surface area contributed by atoms with Crippen LogP contribution in [0.4, 0.5) is 0 Å². The minimum atomic E-state index is -0.465. The molecule has 114 valence electrons. The fourth-order valence-corrected chi connectivity index (χ4v) is 2.13. The normalized spacial score (nSPS) is 10.3. The summed E-state index contributed by atoms with van der Waals surface area (Å²) in [5.41, 5.74) is 2.31. The van der Waals surface area contributed by atoms with Crippen molar-refractivity contribution in [3.63, 3.8) is 0 Å². The number of hydrogen-bond acceptors (Lipinski definition) is 4. The number of benzene rings is 3. The van der Waals surface area contributed by atoms with Crippen LogP contribution in [-0.4, -0.2) is 16.2 Å². The standard InChI is InChI=1S/C19H14O4/c20-16-7-5-14(6-8-16)13-1-3-15(4-2-13)19(22)23-18-11-9-17(21)10-12-18/h1-12,20-21H. The molecule has 0 unspecified atom stereocenters. The zero-order valence-electron chi connectivity index (χ0n) is 12.1. The molecule has 4 heteroatoms. The van der Waals surface area contributed by atoms with Gasteiger partial charge < -0.3 is 14.9 Å². The molecule has 0 spiro atoms. The highest BCUT2D eigenvalue weighted by Crippen LogP contribution is 2.23. The lowest BCUT2D eigenvalue weighted by Gasteiger charge is -2.06. The Morgan fingerprint density at radius 2 is 1.09 bits per heavy atom. The Kier molecular flexibility index (Phi) is 3.97. The molecule has 0 atom stereocenters. The number of rotatable bonds is 3. The van der Waals surface area contributed by atoms with Gasteiger partial charge in [-0.3, -0.25) is 0 Å². The molecular formula is C19H14O4. The first-order valence-corrected chi connectivity index (χ1v) is 7.02. The molecule has 23 heavy (non-hydrogen) atoms. The van der Waals surface area contributed by atoms with Crippen LogP contribution in [0.2, 0.25) is 0 Å². The Hall–Kier alpha value is -3.27. The largest absolute Gasteiger partial charge is 0.508 e. The number of carbonyl (C=O) groups excluding carboxylic acids is 1. The third kappa shape index (κ3) is 3.49. The van der Waals surface area contributed by atoms with Crippen LogP contribution in [0.15, 0.2) is 72.8 Å². The lowest BCUT2D eigenvalue weighted by Crippen LogP contribution is -2.08. The summed E-state index contributed by atoms with van der Waals surface area (Å²) in [6.07, 6.45) is 0. The van der Waals surface area contributed by atoms with Crippen LogP contribution in [0.25, 0.3) is 11.1 Å². The van der Waals surface area contributed by atoms with Crippen molar-refractivity contribution in [2.24, 2.45) is 0 Å². The number of phenols is 2. The van der Waals surface area contributed by atoms with Gasteiger partial charge in [-0.05, 0) is 59.7 Å². The zero-order chi connectivity index (χ0) is 16.2. The molecule has 2 N–H and O–H groups in total. The van der Waals surface area contributed by atoms with Crippen molar-refractivity contribution >= 4 is 5.97 Å². The maximum Gasteiger partial charge on any atom is 0.343 e. The molecule has 3 aromatic carbocycles. The first-order valence-electron chi connectivity index (χ1n) is 7.02. The molecule has 0 aromatic heterocycles. The van der Waals surface area contributed by atoms with Crippen LogP contribution in [0.5, 0.6) is 17.2 Å². The predicted octanol–water partition coefficient (Wildman–Crippen LogP) is 3.98. The van der Waals surface area contributed by atoms with Crippen LogP contribution in [-0.2, 0) is 0 Å². The molecule has 0 amide bonds. The average Bonchev–Trinajstić information content (AvgIpc) is 2.58. The highest BCUT2D eigenvalue weighted by molar-refractivity contribution is 5.91. The lowest BCUT2D eigenvalue weighted by atomic mass is 10.0. The fourth-order valence-electron chi connectivity index (χ4n) is 2.13. The van der Waals surface area contributed by atoms with Gasteiger partial charge in [0.1, 0.15) is 17.2 Å². The minimum Gasteiger partial charge on any atom is -0.508 e. The van der Waals surface area contributed by atoms with Crippen LogP contribution in [0.3, 0.4) is 0 Å². The monoisotopic (exact) mass is 306 g/mol. The van der Waals surface area contributed by atoms with Gasteiger partial charge in [-0.15, -0.1) is 0 Å². The van der Waals surface area contributed by atoms with E-state index in [1.54, 1.807) is 36.4 Å². The molecule has 3 aromatic rings. The summed E-state index contributed by atoms with van der Waals surface area (Å²) in [5, 5.41) is 18.5. The van der Waals surface area contributed by atoms with Crippen molar-refractivity contribution < 1.29 is 19.7 Å². The van der Waals surface area contributed by atoms with Crippen molar-refractivity contribution in [2.45, 2.75) is 0 Å². The minimum absolute atomic E-state index is 0.114. The molecule has 0 aliphatic carbocycles. The van der Waals surface area contributed by atoms with E-state index < -0.39 is 5.97 Å². The summed E-state index contributed by atoms with van der Waals surface area (Å²) >= 11 is 0. The summed E-state index contributed by atoms with van der Waals surface area (Å²) in [4.78, 5) is 12.1. The van der Waals surface area contributed by atoms with Gasteiger partial charge in [0.25, 0.3) is 0 Å². The van der Waals surface area contributed by atoms with Crippen molar-refractivity contribution in [3.05, 3.63) is 78.4 Å². The molecule has 4 nitrogen and oxygen atoms in total. The topological polar surface area (TPSA) is 66.8 Å². The number of hydrogen-bond donors (Lipinski definition) is 2. The predicted molar refractivity (Wildman–Crippen MR) is 86.6 cm³/mol. The number of phenolic OH excluding ortho intramolecular Hbond substituents is 2. The second kappa shape index (κ2) is 6.23. The summed E-state index contributed by atoms with van der Waals surface area (Å²) in [5.74, 6) is 0.231. The molecule has 0 radical (unpaired) electrons. The summed E-state index contributed by atoms with van der Waals surface area (Å²) in [6.45, 7) is 0. The van der Waals surface area contributed by atoms with Gasteiger partial charge in [-0.1, -0.05) is 24.3 Å². The highest BCUT2D eigenvalue weighted by atomic mass is 16.5. The number of ether oxygens (including phenoxy) is 1. The summed E-state index contributed by atoms with van der Waals surface area (Å²) in [7, 11) is 0. The maximum atomic E-state index is 12.1. The van der Waals surface area contributed by atoms with Crippen LogP contribution >= 0.6 is 0 Å². The quantitative estimate of drug-likeness (QED) is 0.567. The smallest absolute Gasteiger partial charge is 0.343 e. The molecule has 0 saturated heterocycles. The number of carbonyl (C=O) groups is 1. The Bertz CT molecular complexity index is 803. The van der Waals surface area contributed by atoms with Crippen molar-refractivity contribution in [1.82, 2.24) is 0 Å². The van der Waals surface area contributed by atoms with E-state index in [0.29, 0.717) is 11.3 Å². The van der Waals surface area contributed by atoms with Crippen molar-refractivity contribution in [1.29, 1.82) is 0 Å². The highest BCUT2D eigenvalue weighted by Gasteiger charge is 2.09. The van der Waals surface area contributed by atoms with E-state index in [-0.39, 0.29) is 11.5 Å². The Balaban J connectivity index is 1.74. The van der Waals surface area contributed by atoms with Crippen LogP contribution in [0.1, 0.15) is 10.4 Å². The molecule has 0 bridgehead atoms. The molecule has 3 rings (SSSR count). The number of aromatic hydroxyl groups is 2. The Labute approximate surface area is 133 Å². The summed E-state index contributed by atoms with van der Waals surface area (Å²) in [6, 6.07) is 19.8. The van der Waals surface area contributed by atoms with E-state index in [0.717, 1.165) is 11.1 Å². The number of esters is 1. The third-order valence-corrected chi connectivity index (χ3v) is 3.37. The molecule has 0 aliphatic heterocycles. The molecular weight excluding hydrogens is 292 g/mol. The SMILES string of the molecule is O=C(Oc1ccc(O)cc1)c1ccc(-c2ccc(O)cc2)cc1. The second-order valence-corrected chi connectivity index (χ2v) is 5.01. The van der Waals surface area contributed by atoms with E-state index in [1.807, 2.05) is 12.1 Å². The van der Waals surface area contributed by atoms with E-state index in [4.69, 9.17) is 4.74 Å². The molecule has 0 saturated carbocycles. The molecule has 0 fully saturated rings. The zero-order valence-corrected chi connectivity index (χ0v) is 12.1. The van der Waals surface area contributed by atoms with Crippen LogP contribution in [0, 0.1) is 0 Å². The maximum absolute atomic E-state index is 12.1. The van der Waals surface area contributed by atoms with E-state index in [1.165, 1.54) is 24.3 Å². The van der Waals surface area contributed by atoms with Gasteiger partial charge in [0.15, 0.2) is 0 Å². The summed E-state index contributed by atoms with van der Waals surface area (Å²) < 4.78 is 5.23. The Morgan fingerprint density at radius 3 is 1.61 bits per heavy atom. The van der Waals surface area contributed by atoms with E-state index in [9.17, 15) is 15.0 Å². The first-order chi connectivity index (χ1) is 11.1. The van der Waals surface area contributed by atoms with E-state index in [2.05, 4.69) is 0 Å². The van der Waals surface area contributed by atoms with Gasteiger partial charge >= 0.3 is 5.97 Å². The van der Waals surface area contributed by atoms with Gasteiger partial charge in [0.2, 0.25) is 0 Å².